The van der Waals surface area contributed by atoms with Crippen molar-refractivity contribution in [2.75, 3.05) is 5.32 Å². The van der Waals surface area contributed by atoms with Gasteiger partial charge >= 0.3 is 0 Å². The van der Waals surface area contributed by atoms with Gasteiger partial charge in [0.05, 0.1) is 0 Å². The van der Waals surface area contributed by atoms with Gasteiger partial charge in [-0.1, -0.05) is 45.7 Å². The summed E-state index contributed by atoms with van der Waals surface area (Å²) in [5, 5.41) is 3.51. The predicted octanol–water partition coefficient (Wildman–Crippen LogP) is 5.75. The van der Waals surface area contributed by atoms with Crippen LogP contribution in [-0.2, 0) is 0 Å². The van der Waals surface area contributed by atoms with Crippen LogP contribution in [0.2, 0.25) is 5.15 Å². The highest BCUT2D eigenvalue weighted by atomic mass is 79.9. The minimum atomic E-state index is -0.344. The van der Waals surface area contributed by atoms with Crippen molar-refractivity contribution >= 4 is 39.0 Å². The summed E-state index contributed by atoms with van der Waals surface area (Å²) in [4.78, 5) is 8.59. The fourth-order valence-electron chi connectivity index (χ4n) is 2.12. The van der Waals surface area contributed by atoms with Crippen molar-refractivity contribution in [3.63, 3.8) is 0 Å². The number of hydrogen-bond acceptors (Lipinski definition) is 3. The Balaban J connectivity index is 1.99. The summed E-state index contributed by atoms with van der Waals surface area (Å²) in [7, 11) is 0. The van der Waals surface area contributed by atoms with E-state index in [-0.39, 0.29) is 11.0 Å². The van der Waals surface area contributed by atoms with Gasteiger partial charge < -0.3 is 5.32 Å². The minimum Gasteiger partial charge on any atom is -0.340 e. The Morgan fingerprint density at radius 2 is 1.87 bits per heavy atom. The molecular formula is C17H12BrClFN3. The second-order valence-electron chi connectivity index (χ2n) is 4.95. The maximum atomic E-state index is 13.4. The van der Waals surface area contributed by atoms with E-state index in [1.54, 1.807) is 18.2 Å². The molecule has 0 bridgehead atoms. The van der Waals surface area contributed by atoms with E-state index < -0.39 is 0 Å². The molecule has 0 saturated heterocycles. The Bertz CT molecular complexity index is 870. The van der Waals surface area contributed by atoms with Crippen molar-refractivity contribution in [3.05, 3.63) is 69.5 Å². The summed E-state index contributed by atoms with van der Waals surface area (Å²) in [6, 6.07) is 13.6. The Labute approximate surface area is 146 Å². The summed E-state index contributed by atoms with van der Waals surface area (Å²) in [6.07, 6.45) is 0. The van der Waals surface area contributed by atoms with Gasteiger partial charge in [0, 0.05) is 21.8 Å². The molecule has 0 amide bonds. The van der Waals surface area contributed by atoms with Crippen molar-refractivity contribution in [3.8, 4) is 11.4 Å². The van der Waals surface area contributed by atoms with Gasteiger partial charge in [-0.15, -0.1) is 0 Å². The molecule has 3 rings (SSSR count). The van der Waals surface area contributed by atoms with Crippen LogP contribution in [-0.4, -0.2) is 9.97 Å². The maximum Gasteiger partial charge on any atom is 0.163 e. The molecule has 6 heteroatoms. The van der Waals surface area contributed by atoms with Gasteiger partial charge in [0.25, 0.3) is 0 Å². The monoisotopic (exact) mass is 391 g/mol. The maximum absolute atomic E-state index is 13.4. The third kappa shape index (κ3) is 3.68. The molecule has 116 valence electrons. The molecule has 0 aliphatic rings. The molecule has 1 heterocycles. The second-order valence-corrected chi connectivity index (χ2v) is 6.19. The molecule has 1 aromatic heterocycles. The normalized spacial score (nSPS) is 10.6. The fourth-order valence-corrected chi connectivity index (χ4v) is 2.67. The lowest BCUT2D eigenvalue weighted by atomic mass is 10.2. The summed E-state index contributed by atoms with van der Waals surface area (Å²) in [6.45, 7) is 1.99. The topological polar surface area (TPSA) is 37.8 Å². The van der Waals surface area contributed by atoms with E-state index in [1.807, 2.05) is 25.1 Å². The van der Waals surface area contributed by atoms with E-state index in [0.29, 0.717) is 17.2 Å². The largest absolute Gasteiger partial charge is 0.340 e. The highest BCUT2D eigenvalue weighted by molar-refractivity contribution is 9.10. The standard InChI is InChI=1S/C17H12BrClFN3/c1-10-13(18)6-3-7-14(10)21-16-9-15(19)22-17(23-16)11-4-2-5-12(20)8-11/h2-9H,1H3,(H,21,22,23). The van der Waals surface area contributed by atoms with Crippen LogP contribution in [0.3, 0.4) is 0 Å². The molecule has 0 unspecified atom stereocenters. The van der Waals surface area contributed by atoms with Gasteiger partial charge in [-0.2, -0.15) is 0 Å². The van der Waals surface area contributed by atoms with Crippen molar-refractivity contribution in [2.45, 2.75) is 6.92 Å². The molecular weight excluding hydrogens is 381 g/mol. The Morgan fingerprint density at radius 3 is 2.65 bits per heavy atom. The highest BCUT2D eigenvalue weighted by Crippen LogP contribution is 2.28. The van der Waals surface area contributed by atoms with Crippen LogP contribution in [0.1, 0.15) is 5.56 Å². The number of nitrogens with one attached hydrogen (secondary N) is 1. The van der Waals surface area contributed by atoms with Crippen LogP contribution in [0, 0.1) is 12.7 Å². The lowest BCUT2D eigenvalue weighted by Crippen LogP contribution is -1.99. The number of nitrogens with zero attached hydrogens (tertiary/aromatic N) is 2. The van der Waals surface area contributed by atoms with Gasteiger partial charge in [0.15, 0.2) is 5.82 Å². The molecule has 3 nitrogen and oxygen atoms in total. The van der Waals surface area contributed by atoms with Crippen LogP contribution >= 0.6 is 27.5 Å². The van der Waals surface area contributed by atoms with Gasteiger partial charge in [-0.05, 0) is 36.8 Å². The van der Waals surface area contributed by atoms with Crippen LogP contribution in [0.25, 0.3) is 11.4 Å². The molecule has 0 aliphatic carbocycles. The summed E-state index contributed by atoms with van der Waals surface area (Å²) in [5.74, 6) is 0.570. The van der Waals surface area contributed by atoms with E-state index in [2.05, 4.69) is 31.2 Å². The zero-order valence-electron chi connectivity index (χ0n) is 12.1. The van der Waals surface area contributed by atoms with Gasteiger partial charge in [-0.25, -0.2) is 14.4 Å². The van der Waals surface area contributed by atoms with Gasteiger partial charge in [0.2, 0.25) is 0 Å². The number of benzene rings is 2. The van der Waals surface area contributed by atoms with Crippen LogP contribution in [0.15, 0.2) is 53.0 Å². The van der Waals surface area contributed by atoms with Crippen LogP contribution in [0.4, 0.5) is 15.9 Å². The van der Waals surface area contributed by atoms with Gasteiger partial charge in [0.1, 0.15) is 16.8 Å². The predicted molar refractivity (Wildman–Crippen MR) is 94.6 cm³/mol. The van der Waals surface area contributed by atoms with Crippen molar-refractivity contribution < 1.29 is 4.39 Å². The number of hydrogen-bond donors (Lipinski definition) is 1. The SMILES string of the molecule is Cc1c(Br)cccc1Nc1cc(Cl)nc(-c2cccc(F)c2)n1. The number of halogens is 3. The molecule has 3 aromatic rings. The first kappa shape index (κ1) is 15.9. The molecule has 0 fully saturated rings. The van der Waals surface area contributed by atoms with Crippen molar-refractivity contribution in [1.29, 1.82) is 0 Å². The van der Waals surface area contributed by atoms with E-state index in [0.717, 1.165) is 15.7 Å². The molecule has 0 aliphatic heterocycles. The van der Waals surface area contributed by atoms with Crippen LogP contribution in [0.5, 0.6) is 0 Å². The average Bonchev–Trinajstić information content (AvgIpc) is 2.51. The summed E-state index contributed by atoms with van der Waals surface area (Å²) in [5.41, 5.74) is 2.52. The van der Waals surface area contributed by atoms with E-state index in [4.69, 9.17) is 11.6 Å². The first-order chi connectivity index (χ1) is 11.0. The second kappa shape index (κ2) is 6.64. The molecule has 0 saturated carbocycles. The van der Waals surface area contributed by atoms with E-state index >= 15 is 0 Å². The first-order valence-corrected chi connectivity index (χ1v) is 8.03. The van der Waals surface area contributed by atoms with Crippen LogP contribution < -0.4 is 5.32 Å². The van der Waals surface area contributed by atoms with E-state index in [9.17, 15) is 4.39 Å². The highest BCUT2D eigenvalue weighted by Gasteiger charge is 2.09. The average molecular weight is 393 g/mol. The Hall–Kier alpha value is -1.98. The fraction of sp³-hybridized carbons (Fsp3) is 0.0588. The third-order valence-electron chi connectivity index (χ3n) is 3.31. The first-order valence-electron chi connectivity index (χ1n) is 6.85. The smallest absolute Gasteiger partial charge is 0.163 e. The number of rotatable bonds is 3. The molecule has 1 N–H and O–H groups in total. The quantitative estimate of drug-likeness (QED) is 0.577. The van der Waals surface area contributed by atoms with Gasteiger partial charge in [-0.3, -0.25) is 0 Å². The number of anilines is 2. The minimum absolute atomic E-state index is 0.286. The Kier molecular flexibility index (Phi) is 4.59. The lowest BCUT2D eigenvalue weighted by Gasteiger charge is -2.11. The lowest BCUT2D eigenvalue weighted by molar-refractivity contribution is 0.628. The molecule has 0 atom stereocenters. The zero-order valence-corrected chi connectivity index (χ0v) is 14.5. The summed E-state index contributed by atoms with van der Waals surface area (Å²) < 4.78 is 14.4. The zero-order chi connectivity index (χ0) is 16.4. The number of aromatic nitrogens is 2. The van der Waals surface area contributed by atoms with Crippen molar-refractivity contribution in [2.24, 2.45) is 0 Å². The van der Waals surface area contributed by atoms with E-state index in [1.165, 1.54) is 12.1 Å². The molecule has 23 heavy (non-hydrogen) atoms. The molecule has 0 spiro atoms. The summed E-state index contributed by atoms with van der Waals surface area (Å²) >= 11 is 9.58. The molecule has 0 radical (unpaired) electrons. The molecule has 2 aromatic carbocycles. The third-order valence-corrected chi connectivity index (χ3v) is 4.36. The Morgan fingerprint density at radius 1 is 1.09 bits per heavy atom. The van der Waals surface area contributed by atoms with Crippen molar-refractivity contribution in [1.82, 2.24) is 9.97 Å².